The van der Waals surface area contributed by atoms with Gasteiger partial charge in [0, 0.05) is 43.5 Å². The summed E-state index contributed by atoms with van der Waals surface area (Å²) >= 11 is 0. The summed E-state index contributed by atoms with van der Waals surface area (Å²) < 4.78 is 2.17. The van der Waals surface area contributed by atoms with Crippen LogP contribution >= 0.6 is 0 Å². The van der Waals surface area contributed by atoms with Crippen molar-refractivity contribution in [3.8, 4) is 144 Å². The predicted molar refractivity (Wildman–Crippen MR) is 576 cm³/mol. The van der Waals surface area contributed by atoms with E-state index in [0.717, 1.165) is 121 Å². The summed E-state index contributed by atoms with van der Waals surface area (Å²) in [5.74, 6) is 55.0. The minimum atomic E-state index is 0. The first kappa shape index (κ1) is 133. The summed E-state index contributed by atoms with van der Waals surface area (Å²) in [6.45, 7) is 19.2. The first-order chi connectivity index (χ1) is 60.4. The monoisotopic (exact) mass is 1870 g/mol. The van der Waals surface area contributed by atoms with Crippen LogP contribution in [0.4, 0.5) is 5.69 Å². The number of aryl methyl sites for hydroxylation is 2. The van der Waals surface area contributed by atoms with Crippen LogP contribution in [0.2, 0.25) is 0 Å². The minimum Gasteiger partial charge on any atom is -0.665 e. The van der Waals surface area contributed by atoms with Gasteiger partial charge in [0.05, 0.1) is 6.33 Å². The second-order valence-electron chi connectivity index (χ2n) is 29.8. The van der Waals surface area contributed by atoms with E-state index in [-0.39, 0.29) is 84.8 Å². The quantitative estimate of drug-likeness (QED) is 0.0472. The molecule has 0 radical (unpaired) electrons. The number of nitrogens with zero attached hydrogens (tertiary/aromatic N) is 8. The van der Waals surface area contributed by atoms with Gasteiger partial charge in [0.1, 0.15) is 0 Å². The molecule has 4 saturated carbocycles. The van der Waals surface area contributed by atoms with Gasteiger partial charge in [0.15, 0.2) is 0 Å². The topological polar surface area (TPSA) is 161 Å². The second kappa shape index (κ2) is 93.3. The molecule has 2 amide bonds. The standard InChI is InChI=1S/C26H31N3O.C20H35NO.C15H28N2.C11H4.2C10H8N2.C9H4.C7H4.C3H8.8CH4.Ru/c1-3-21-10-12-23(13-11-21)29-26(30)9-7-5-4-6-8-22-15-17-28-25(19-22)24-18-20(2)14-16-27-24;1-2-3-4-5-6-7-8-9-19(22)21-20-17-11-15-10-16(13-17)14-18(20)12-15;1-2-3-4-5-6-7-8-9-10-11-13-17-14-12-16-15-17;1-3-5-7-9-11-10-8-6-4-2;2*1-3-7-11-9(5-1)10-6-2-4-8-12-10;1-3-5-7-9-8-6-4-2;1-3-5-7-6-4-2;1-3-2;;;;;;;;;/h10-19H,3-9H2,1-2H3,(H,29,30);15-18,20H,2-14H2,1H3,(H,21,22);12,14-15H,2-11,13H2,1H3;1H,2H3;2*1-8H;1H,2H3;1H,2H3;3H2,1-2H3;8*1H4;/q-2;;;;2*-2;;;;;;;;;;;;+6. The maximum atomic E-state index is 12.3. The van der Waals surface area contributed by atoms with E-state index in [2.05, 4.69) is 248 Å². The van der Waals surface area contributed by atoms with E-state index in [1.165, 1.54) is 158 Å². The van der Waals surface area contributed by atoms with Crippen LogP contribution in [0, 0.1) is 167 Å². The molecule has 1 aromatic carbocycles. The molecule has 12 nitrogen and oxygen atoms in total. The largest absolute Gasteiger partial charge is 6.00 e. The van der Waals surface area contributed by atoms with Crippen LogP contribution in [0.15, 0.2) is 223 Å². The Hall–Kier alpha value is -12.4. The van der Waals surface area contributed by atoms with Crippen molar-refractivity contribution >= 4 is 17.5 Å². The molecule has 0 unspecified atom stereocenters. The van der Waals surface area contributed by atoms with E-state index in [4.69, 9.17) is 19.3 Å². The number of amides is 2. The third-order valence-corrected chi connectivity index (χ3v) is 19.7. The van der Waals surface area contributed by atoms with Gasteiger partial charge in [-0.05, 0) is 246 Å². The maximum Gasteiger partial charge on any atom is 6.00 e. The van der Waals surface area contributed by atoms with Crippen molar-refractivity contribution in [3.05, 3.63) is 260 Å². The molecule has 4 fully saturated rings. The van der Waals surface area contributed by atoms with Crippen LogP contribution < -0.4 is 10.6 Å². The number of aromatic nitrogens is 2. The van der Waals surface area contributed by atoms with Crippen LogP contribution in [0.1, 0.15) is 320 Å². The van der Waals surface area contributed by atoms with Gasteiger partial charge < -0.3 is 47.1 Å². The minimum absolute atomic E-state index is 0. The molecule has 6 aliphatic heterocycles. The van der Waals surface area contributed by atoms with Crippen molar-refractivity contribution < 1.29 is 29.1 Å². The van der Waals surface area contributed by atoms with Crippen LogP contribution in [0.25, 0.3) is 31.9 Å². The number of carbonyl (C=O) groups is 2. The first-order valence-electron chi connectivity index (χ1n) is 44.2. The fraction of sp³-hybridized carbons (Fsp3) is 0.454. The summed E-state index contributed by atoms with van der Waals surface area (Å²) in [5.41, 5.74) is 10.2. The van der Waals surface area contributed by atoms with Crippen LogP contribution in [0.5, 0.6) is 0 Å². The Balaban J connectivity index is -0.000000277. The predicted octanol–water partition coefficient (Wildman–Crippen LogP) is 32.0. The van der Waals surface area contributed by atoms with Crippen molar-refractivity contribution in [2.75, 3.05) is 5.32 Å². The molecule has 4 bridgehead atoms. The number of anilines is 1. The molecule has 4 aliphatic carbocycles. The summed E-state index contributed by atoms with van der Waals surface area (Å²) in [4.78, 5) is 28.4. The van der Waals surface area contributed by atoms with Gasteiger partial charge in [-0.3, -0.25) is 9.59 Å². The van der Waals surface area contributed by atoms with Crippen molar-refractivity contribution in [1.29, 1.82) is 0 Å². The summed E-state index contributed by atoms with van der Waals surface area (Å²) in [7, 11) is 0. The number of unbranched alkanes of at least 4 members (excludes halogenated alkanes) is 18. The van der Waals surface area contributed by atoms with Gasteiger partial charge in [-0.15, -0.1) is 19.3 Å². The number of hydrogen-bond acceptors (Lipinski definition) is 3. The van der Waals surface area contributed by atoms with Gasteiger partial charge >= 0.3 is 19.5 Å². The molecule has 0 atom stereocenters. The van der Waals surface area contributed by atoms with E-state index >= 15 is 0 Å². The van der Waals surface area contributed by atoms with E-state index in [1.807, 2.05) is 122 Å². The first-order valence-corrected chi connectivity index (χ1v) is 44.2. The van der Waals surface area contributed by atoms with Gasteiger partial charge in [0.2, 0.25) is 11.8 Å². The van der Waals surface area contributed by atoms with Gasteiger partial charge in [-0.25, -0.2) is 4.98 Å². The van der Waals surface area contributed by atoms with E-state index < -0.39 is 0 Å². The Kier molecular flexibility index (Phi) is 93.8. The number of terminal acetylenes is 3. The Morgan fingerprint density at radius 2 is 0.765 bits per heavy atom. The number of benzene rings is 1. The molecule has 2 N–H and O–H groups in total. The molecule has 13 heteroatoms. The van der Waals surface area contributed by atoms with Crippen LogP contribution in [0.3, 0.4) is 0 Å². The molecule has 2 aromatic rings. The Morgan fingerprint density at radius 3 is 1.14 bits per heavy atom. The molecule has 0 spiro atoms. The fourth-order valence-electron chi connectivity index (χ4n) is 14.0. The van der Waals surface area contributed by atoms with Crippen LogP contribution in [-0.4, -0.2) is 27.4 Å². The Labute approximate surface area is 822 Å². The SMILES string of the molecule is C.C.C.C.C.C.C.C.C#CC#CC#CC.C#CC#CC#CC#CC.C#CC#CC#CC#CC#CC.C1=C[N-]C(=C2C=CC=C[N-]2)C=C1.C1=C[N-]C(=C2C=CC=C[N-]2)C=C1.CCC.CCCCCCCCCC(=O)NC1C2CC3CC(C2)CC1C3.CCCCCCCCCCCCn1ccnc1.CCc1ccc(NC(=O)CCCCCCC2=CC(=C3C=C(C)C=C[N-]3)[N-]C=C2)cc1.[Ru+6]. The average molecular weight is 1870 g/mol. The molecule has 708 valence electrons. The molecule has 0 saturated heterocycles. The van der Waals surface area contributed by atoms with E-state index in [1.54, 1.807) is 45.6 Å². The van der Waals surface area contributed by atoms with Crippen molar-refractivity contribution in [2.45, 2.75) is 333 Å². The number of rotatable bonds is 29. The maximum absolute atomic E-state index is 12.3. The Bertz CT molecular complexity index is 4610. The van der Waals surface area contributed by atoms with Crippen molar-refractivity contribution in [1.82, 2.24) is 14.9 Å². The third-order valence-electron chi connectivity index (χ3n) is 19.7. The number of hydrogen-bond donors (Lipinski definition) is 2. The molecule has 7 heterocycles. The van der Waals surface area contributed by atoms with Gasteiger partial charge in [0.25, 0.3) is 0 Å². The molecule has 12 rings (SSSR count). The van der Waals surface area contributed by atoms with Gasteiger partial charge in [-0.1, -0.05) is 348 Å². The fourth-order valence-corrected chi connectivity index (χ4v) is 14.0. The number of carbonyl (C=O) groups excluding carboxylic acids is 2. The van der Waals surface area contributed by atoms with Crippen molar-refractivity contribution in [3.63, 3.8) is 0 Å². The number of imidazole rings is 1. The summed E-state index contributed by atoms with van der Waals surface area (Å²) in [5, 5.41) is 32.1. The molecule has 132 heavy (non-hydrogen) atoms. The normalized spacial score (nSPS) is 16.8. The van der Waals surface area contributed by atoms with E-state index in [9.17, 15) is 9.59 Å². The van der Waals surface area contributed by atoms with Gasteiger partial charge in [-0.2, -0.15) is 71.4 Å². The Morgan fingerprint density at radius 1 is 0.409 bits per heavy atom. The molecular weight excluding hydrogens is 1700 g/mol. The second-order valence-corrected chi connectivity index (χ2v) is 29.8. The summed E-state index contributed by atoms with van der Waals surface area (Å²) in [6.07, 6.45) is 102. The third kappa shape index (κ3) is 66.9. The number of allylic oxidation sites excluding steroid dienone is 18. The molecule has 1 aromatic heterocycles. The summed E-state index contributed by atoms with van der Waals surface area (Å²) in [6, 6.07) is 8.62. The zero-order valence-corrected chi connectivity index (χ0v) is 77.0. The molecule has 10 aliphatic rings. The zero-order valence-electron chi connectivity index (χ0n) is 75.2. The van der Waals surface area contributed by atoms with Crippen molar-refractivity contribution in [2.24, 2.45) is 23.7 Å². The zero-order chi connectivity index (χ0) is 88.7. The molecular formula is C119H162N10O2Ru. The van der Waals surface area contributed by atoms with Crippen LogP contribution in [-0.2, 0) is 42.0 Å². The smallest absolute Gasteiger partial charge is 0.665 e. The average Bonchev–Trinajstić information content (AvgIpc) is 1.20. The number of nitrogens with one attached hydrogen (secondary N) is 2. The van der Waals surface area contributed by atoms with E-state index in [0.29, 0.717) is 18.4 Å².